The lowest BCUT2D eigenvalue weighted by atomic mass is 10.2. The number of carboxylic acid groups (broad SMARTS) is 1. The van der Waals surface area contributed by atoms with E-state index in [0.29, 0.717) is 5.01 Å². The third-order valence-electron chi connectivity index (χ3n) is 1.62. The van der Waals surface area contributed by atoms with Gasteiger partial charge in [-0.2, -0.15) is 0 Å². The summed E-state index contributed by atoms with van der Waals surface area (Å²) in [6, 6.07) is 0. The standard InChI is InChI=1S/C10H15N3O4S/c1-10(2,3)17-7(14)5-11-4-6-12-13-8(18-6)9(15)16/h11H,4-5H2,1-3H3,(H,15,16). The summed E-state index contributed by atoms with van der Waals surface area (Å²) < 4.78 is 5.09. The average Bonchev–Trinajstić information content (AvgIpc) is 2.63. The van der Waals surface area contributed by atoms with Gasteiger partial charge >= 0.3 is 11.9 Å². The molecule has 0 radical (unpaired) electrons. The van der Waals surface area contributed by atoms with Crippen LogP contribution >= 0.6 is 11.3 Å². The fraction of sp³-hybridized carbons (Fsp3) is 0.600. The van der Waals surface area contributed by atoms with E-state index in [2.05, 4.69) is 15.5 Å². The first-order valence-corrected chi connectivity index (χ1v) is 6.08. The number of aromatic carboxylic acids is 1. The van der Waals surface area contributed by atoms with Gasteiger partial charge in [-0.15, -0.1) is 10.2 Å². The number of hydrogen-bond donors (Lipinski definition) is 2. The monoisotopic (exact) mass is 273 g/mol. The first-order chi connectivity index (χ1) is 8.28. The number of carbonyl (C=O) groups is 2. The second-order valence-corrected chi connectivity index (χ2v) is 5.56. The number of nitrogens with zero attached hydrogens (tertiary/aromatic N) is 2. The van der Waals surface area contributed by atoms with Gasteiger partial charge in [-0.3, -0.25) is 4.79 Å². The molecule has 0 bridgehead atoms. The first kappa shape index (κ1) is 14.5. The van der Waals surface area contributed by atoms with Crippen LogP contribution in [0.3, 0.4) is 0 Å². The molecule has 100 valence electrons. The SMILES string of the molecule is CC(C)(C)OC(=O)CNCc1nnc(C(=O)O)s1. The van der Waals surface area contributed by atoms with Crippen LogP contribution in [0.5, 0.6) is 0 Å². The second-order valence-electron chi connectivity index (χ2n) is 4.50. The minimum atomic E-state index is -1.11. The van der Waals surface area contributed by atoms with E-state index in [1.807, 2.05) is 0 Å². The molecule has 0 aliphatic rings. The highest BCUT2D eigenvalue weighted by Crippen LogP contribution is 2.09. The van der Waals surface area contributed by atoms with Gasteiger partial charge in [-0.1, -0.05) is 11.3 Å². The molecule has 0 amide bonds. The molecule has 0 aromatic carbocycles. The molecule has 1 rings (SSSR count). The van der Waals surface area contributed by atoms with E-state index in [0.717, 1.165) is 11.3 Å². The highest BCUT2D eigenvalue weighted by atomic mass is 32.1. The number of rotatable bonds is 5. The van der Waals surface area contributed by atoms with E-state index in [-0.39, 0.29) is 24.1 Å². The molecule has 0 atom stereocenters. The summed E-state index contributed by atoms with van der Waals surface area (Å²) >= 11 is 0.969. The Bertz CT molecular complexity index is 439. The summed E-state index contributed by atoms with van der Waals surface area (Å²) in [6.45, 7) is 5.68. The zero-order chi connectivity index (χ0) is 13.8. The second kappa shape index (κ2) is 5.87. The van der Waals surface area contributed by atoms with Gasteiger partial charge in [0, 0.05) is 0 Å². The molecule has 18 heavy (non-hydrogen) atoms. The summed E-state index contributed by atoms with van der Waals surface area (Å²) in [6.07, 6.45) is 0. The average molecular weight is 273 g/mol. The van der Waals surface area contributed by atoms with Crippen LogP contribution in [0.25, 0.3) is 0 Å². The van der Waals surface area contributed by atoms with E-state index in [9.17, 15) is 9.59 Å². The third-order valence-corrected chi connectivity index (χ3v) is 2.53. The third kappa shape index (κ3) is 5.19. The molecule has 0 saturated carbocycles. The Morgan fingerprint density at radius 3 is 2.56 bits per heavy atom. The number of carbonyl (C=O) groups excluding carboxylic acids is 1. The Hall–Kier alpha value is -1.54. The molecule has 2 N–H and O–H groups in total. The molecule has 1 aromatic rings. The van der Waals surface area contributed by atoms with Gasteiger partial charge in [0.25, 0.3) is 0 Å². The van der Waals surface area contributed by atoms with Gasteiger partial charge in [0.15, 0.2) is 0 Å². The quantitative estimate of drug-likeness (QED) is 0.760. The van der Waals surface area contributed by atoms with Crippen molar-refractivity contribution in [3.05, 3.63) is 10.0 Å². The molecule has 0 fully saturated rings. The van der Waals surface area contributed by atoms with Crippen molar-refractivity contribution in [3.8, 4) is 0 Å². The maximum Gasteiger partial charge on any atom is 0.367 e. The maximum absolute atomic E-state index is 11.4. The Kier molecular flexibility index (Phi) is 4.74. The van der Waals surface area contributed by atoms with Crippen LogP contribution in [0.1, 0.15) is 35.6 Å². The Morgan fingerprint density at radius 2 is 2.06 bits per heavy atom. The summed E-state index contributed by atoms with van der Waals surface area (Å²) in [5, 5.41) is 19.1. The molecule has 0 spiro atoms. The molecular formula is C10H15N3O4S. The molecular weight excluding hydrogens is 258 g/mol. The number of ether oxygens (including phenoxy) is 1. The lowest BCUT2D eigenvalue weighted by Crippen LogP contribution is -2.31. The molecule has 1 heterocycles. The van der Waals surface area contributed by atoms with Crippen molar-refractivity contribution < 1.29 is 19.4 Å². The molecule has 0 saturated heterocycles. The van der Waals surface area contributed by atoms with Crippen molar-refractivity contribution in [2.75, 3.05) is 6.54 Å². The minimum absolute atomic E-state index is 0.0409. The highest BCUT2D eigenvalue weighted by Gasteiger charge is 2.16. The van der Waals surface area contributed by atoms with Crippen LogP contribution in [0.15, 0.2) is 0 Å². The van der Waals surface area contributed by atoms with E-state index in [1.165, 1.54) is 0 Å². The number of hydrogen-bond acceptors (Lipinski definition) is 7. The zero-order valence-corrected chi connectivity index (χ0v) is 11.2. The topological polar surface area (TPSA) is 101 Å². The van der Waals surface area contributed by atoms with Crippen LogP contribution < -0.4 is 5.32 Å². The molecule has 7 nitrogen and oxygen atoms in total. The van der Waals surface area contributed by atoms with Crippen LogP contribution in [0.2, 0.25) is 0 Å². The van der Waals surface area contributed by atoms with Crippen molar-refractivity contribution in [3.63, 3.8) is 0 Å². The molecule has 0 aliphatic heterocycles. The van der Waals surface area contributed by atoms with Crippen molar-refractivity contribution >= 4 is 23.3 Å². The van der Waals surface area contributed by atoms with Gasteiger partial charge < -0.3 is 15.2 Å². The molecule has 0 unspecified atom stereocenters. The van der Waals surface area contributed by atoms with Gasteiger partial charge in [0.2, 0.25) is 5.01 Å². The minimum Gasteiger partial charge on any atom is -0.476 e. The lowest BCUT2D eigenvalue weighted by molar-refractivity contribution is -0.153. The lowest BCUT2D eigenvalue weighted by Gasteiger charge is -2.19. The predicted molar refractivity (Wildman–Crippen MR) is 64.4 cm³/mol. The number of nitrogens with one attached hydrogen (secondary N) is 1. The van der Waals surface area contributed by atoms with Gasteiger partial charge in [-0.25, -0.2) is 4.79 Å². The van der Waals surface area contributed by atoms with Crippen molar-refractivity contribution in [2.24, 2.45) is 0 Å². The Labute approximate surface area is 108 Å². The van der Waals surface area contributed by atoms with Crippen molar-refractivity contribution in [1.29, 1.82) is 0 Å². The molecule has 8 heteroatoms. The summed E-state index contributed by atoms with van der Waals surface area (Å²) in [5.74, 6) is -1.48. The zero-order valence-electron chi connectivity index (χ0n) is 10.4. The first-order valence-electron chi connectivity index (χ1n) is 5.26. The number of aromatic nitrogens is 2. The van der Waals surface area contributed by atoms with E-state index >= 15 is 0 Å². The van der Waals surface area contributed by atoms with Crippen molar-refractivity contribution in [1.82, 2.24) is 15.5 Å². The fourth-order valence-corrected chi connectivity index (χ4v) is 1.71. The highest BCUT2D eigenvalue weighted by molar-refractivity contribution is 7.13. The normalized spacial score (nSPS) is 11.3. The fourth-order valence-electron chi connectivity index (χ4n) is 1.06. The van der Waals surface area contributed by atoms with Gasteiger partial charge in [0.1, 0.15) is 10.6 Å². The van der Waals surface area contributed by atoms with Crippen LogP contribution in [-0.2, 0) is 16.1 Å². The Balaban J connectivity index is 2.33. The molecule has 0 aliphatic carbocycles. The Morgan fingerprint density at radius 1 is 1.39 bits per heavy atom. The van der Waals surface area contributed by atoms with Crippen LogP contribution in [-0.4, -0.2) is 39.4 Å². The largest absolute Gasteiger partial charge is 0.476 e. The predicted octanol–water partition coefficient (Wildman–Crippen LogP) is 0.668. The van der Waals surface area contributed by atoms with Gasteiger partial charge in [-0.05, 0) is 20.8 Å². The van der Waals surface area contributed by atoms with E-state index in [1.54, 1.807) is 20.8 Å². The van der Waals surface area contributed by atoms with E-state index < -0.39 is 11.6 Å². The molecule has 1 aromatic heterocycles. The maximum atomic E-state index is 11.4. The smallest absolute Gasteiger partial charge is 0.367 e. The summed E-state index contributed by atoms with van der Waals surface area (Å²) in [4.78, 5) is 21.9. The summed E-state index contributed by atoms with van der Waals surface area (Å²) in [5.41, 5.74) is -0.516. The van der Waals surface area contributed by atoms with E-state index in [4.69, 9.17) is 9.84 Å². The number of esters is 1. The van der Waals surface area contributed by atoms with Crippen molar-refractivity contribution in [2.45, 2.75) is 32.9 Å². The summed E-state index contributed by atoms with van der Waals surface area (Å²) in [7, 11) is 0. The number of carboxylic acids is 1. The van der Waals surface area contributed by atoms with Crippen LogP contribution in [0, 0.1) is 0 Å². The van der Waals surface area contributed by atoms with Crippen LogP contribution in [0.4, 0.5) is 0 Å². The van der Waals surface area contributed by atoms with Gasteiger partial charge in [0.05, 0.1) is 13.1 Å².